The van der Waals surface area contributed by atoms with Crippen molar-refractivity contribution in [3.8, 4) is 0 Å². The van der Waals surface area contributed by atoms with Crippen molar-refractivity contribution in [2.75, 3.05) is 11.9 Å². The Morgan fingerprint density at radius 1 is 1.47 bits per heavy atom. The Bertz CT molecular complexity index is 601. The number of halogens is 1. The van der Waals surface area contributed by atoms with Gasteiger partial charge in [-0.1, -0.05) is 18.5 Å². The zero-order valence-corrected chi connectivity index (χ0v) is 11.3. The van der Waals surface area contributed by atoms with Crippen molar-refractivity contribution in [1.82, 2.24) is 4.98 Å². The minimum absolute atomic E-state index is 0.393. The number of carbonyl (C=O) groups is 1. The van der Waals surface area contributed by atoms with Crippen LogP contribution in [0.5, 0.6) is 0 Å². The highest BCUT2D eigenvalue weighted by molar-refractivity contribution is 6.31. The van der Waals surface area contributed by atoms with Crippen molar-refractivity contribution >= 4 is 34.2 Å². The first-order valence-corrected chi connectivity index (χ1v) is 6.50. The fourth-order valence-corrected chi connectivity index (χ4v) is 2.08. The van der Waals surface area contributed by atoms with Gasteiger partial charge in [0.05, 0.1) is 11.4 Å². The quantitative estimate of drug-likeness (QED) is 0.880. The van der Waals surface area contributed by atoms with E-state index in [2.05, 4.69) is 10.3 Å². The average Bonchev–Trinajstić information content (AvgIpc) is 2.38. The van der Waals surface area contributed by atoms with Crippen LogP contribution < -0.4 is 5.32 Å². The Hall–Kier alpha value is -1.81. The third-order valence-electron chi connectivity index (χ3n) is 3.09. The Morgan fingerprint density at radius 3 is 2.95 bits per heavy atom. The van der Waals surface area contributed by atoms with Crippen LogP contribution in [-0.2, 0) is 4.79 Å². The molecule has 1 unspecified atom stereocenters. The molecule has 0 bridgehead atoms. The number of benzene rings is 1. The second kappa shape index (κ2) is 5.89. The maximum absolute atomic E-state index is 11.0. The standard InChI is InChI=1S/C14H15ClN2O2/c1-2-9(14(18)19)8-17-12-5-6-16-13-7-10(15)3-4-11(12)13/h3-7,9H,2,8H2,1H3,(H,16,17)(H,18,19). The zero-order valence-electron chi connectivity index (χ0n) is 10.6. The SMILES string of the molecule is CCC(CNc1ccnc2cc(Cl)ccc12)C(=O)O. The Kier molecular flexibility index (Phi) is 4.22. The molecule has 0 fully saturated rings. The van der Waals surface area contributed by atoms with E-state index in [-0.39, 0.29) is 0 Å². The molecular weight excluding hydrogens is 264 g/mol. The largest absolute Gasteiger partial charge is 0.481 e. The monoisotopic (exact) mass is 278 g/mol. The van der Waals surface area contributed by atoms with Gasteiger partial charge in [-0.25, -0.2) is 0 Å². The minimum atomic E-state index is -0.781. The zero-order chi connectivity index (χ0) is 13.8. The van der Waals surface area contributed by atoms with E-state index in [9.17, 15) is 4.79 Å². The van der Waals surface area contributed by atoms with Gasteiger partial charge in [0, 0.05) is 28.8 Å². The first kappa shape index (κ1) is 13.6. The van der Waals surface area contributed by atoms with Gasteiger partial charge < -0.3 is 10.4 Å². The van der Waals surface area contributed by atoms with Gasteiger partial charge in [-0.2, -0.15) is 0 Å². The van der Waals surface area contributed by atoms with Crippen molar-refractivity contribution in [1.29, 1.82) is 0 Å². The van der Waals surface area contributed by atoms with Crippen LogP contribution in [0.25, 0.3) is 10.9 Å². The molecule has 0 spiro atoms. The van der Waals surface area contributed by atoms with Gasteiger partial charge >= 0.3 is 5.97 Å². The van der Waals surface area contributed by atoms with E-state index in [1.807, 2.05) is 19.1 Å². The molecule has 0 aliphatic rings. The number of aromatic nitrogens is 1. The lowest BCUT2D eigenvalue weighted by molar-refractivity contribution is -0.141. The summed E-state index contributed by atoms with van der Waals surface area (Å²) in [4.78, 5) is 15.2. The number of fused-ring (bicyclic) bond motifs is 1. The predicted octanol–water partition coefficient (Wildman–Crippen LogP) is 3.41. The van der Waals surface area contributed by atoms with Crippen LogP contribution in [0, 0.1) is 5.92 Å². The molecule has 0 radical (unpaired) electrons. The molecule has 1 aromatic heterocycles. The van der Waals surface area contributed by atoms with Gasteiger partial charge in [-0.05, 0) is 30.7 Å². The molecule has 0 amide bonds. The number of carboxylic acid groups (broad SMARTS) is 1. The topological polar surface area (TPSA) is 62.2 Å². The first-order chi connectivity index (χ1) is 9.11. The molecule has 2 aromatic rings. The number of nitrogens with one attached hydrogen (secondary N) is 1. The van der Waals surface area contributed by atoms with E-state index in [0.29, 0.717) is 18.0 Å². The summed E-state index contributed by atoms with van der Waals surface area (Å²) in [6, 6.07) is 7.31. The smallest absolute Gasteiger partial charge is 0.308 e. The van der Waals surface area contributed by atoms with E-state index in [1.54, 1.807) is 18.3 Å². The summed E-state index contributed by atoms with van der Waals surface area (Å²) in [6.45, 7) is 2.26. The van der Waals surface area contributed by atoms with Crippen LogP contribution in [-0.4, -0.2) is 22.6 Å². The molecule has 0 saturated heterocycles. The van der Waals surface area contributed by atoms with Crippen LogP contribution in [0.3, 0.4) is 0 Å². The molecule has 1 heterocycles. The number of anilines is 1. The van der Waals surface area contributed by atoms with Crippen molar-refractivity contribution in [3.63, 3.8) is 0 Å². The second-order valence-electron chi connectivity index (χ2n) is 4.34. The third-order valence-corrected chi connectivity index (χ3v) is 3.32. The van der Waals surface area contributed by atoms with Gasteiger partial charge in [0.15, 0.2) is 0 Å². The van der Waals surface area contributed by atoms with E-state index in [0.717, 1.165) is 16.6 Å². The normalized spacial score (nSPS) is 12.3. The Labute approximate surface area is 116 Å². The number of nitrogens with zero attached hydrogens (tertiary/aromatic N) is 1. The molecule has 100 valence electrons. The minimum Gasteiger partial charge on any atom is -0.481 e. The number of rotatable bonds is 5. The fourth-order valence-electron chi connectivity index (χ4n) is 1.91. The molecule has 0 aliphatic carbocycles. The summed E-state index contributed by atoms with van der Waals surface area (Å²) >= 11 is 5.92. The molecule has 2 rings (SSSR count). The first-order valence-electron chi connectivity index (χ1n) is 6.12. The van der Waals surface area contributed by atoms with E-state index in [1.165, 1.54) is 0 Å². The maximum Gasteiger partial charge on any atom is 0.308 e. The molecule has 4 nitrogen and oxygen atoms in total. The van der Waals surface area contributed by atoms with E-state index >= 15 is 0 Å². The molecule has 0 aliphatic heterocycles. The summed E-state index contributed by atoms with van der Waals surface area (Å²) < 4.78 is 0. The van der Waals surface area contributed by atoms with E-state index in [4.69, 9.17) is 16.7 Å². The van der Waals surface area contributed by atoms with Gasteiger partial charge in [-0.15, -0.1) is 0 Å². The lowest BCUT2D eigenvalue weighted by Gasteiger charge is -2.13. The molecule has 2 N–H and O–H groups in total. The summed E-state index contributed by atoms with van der Waals surface area (Å²) in [6.07, 6.45) is 2.28. The lowest BCUT2D eigenvalue weighted by Crippen LogP contribution is -2.22. The van der Waals surface area contributed by atoms with Crippen LogP contribution >= 0.6 is 11.6 Å². The Balaban J connectivity index is 2.23. The third kappa shape index (κ3) is 3.15. The lowest BCUT2D eigenvalue weighted by atomic mass is 10.1. The van der Waals surface area contributed by atoms with Gasteiger partial charge in [0.25, 0.3) is 0 Å². The highest BCUT2D eigenvalue weighted by atomic mass is 35.5. The van der Waals surface area contributed by atoms with Crippen LogP contribution in [0.15, 0.2) is 30.5 Å². The van der Waals surface area contributed by atoms with Crippen LogP contribution in [0.2, 0.25) is 5.02 Å². The van der Waals surface area contributed by atoms with Crippen molar-refractivity contribution in [3.05, 3.63) is 35.5 Å². The number of hydrogen-bond acceptors (Lipinski definition) is 3. The molecular formula is C14H15ClN2O2. The number of hydrogen-bond donors (Lipinski definition) is 2. The van der Waals surface area contributed by atoms with Gasteiger partial charge in [-0.3, -0.25) is 9.78 Å². The van der Waals surface area contributed by atoms with Crippen LogP contribution in [0.1, 0.15) is 13.3 Å². The predicted molar refractivity (Wildman–Crippen MR) is 76.7 cm³/mol. The van der Waals surface area contributed by atoms with Crippen molar-refractivity contribution in [2.45, 2.75) is 13.3 Å². The number of carboxylic acids is 1. The van der Waals surface area contributed by atoms with Crippen molar-refractivity contribution in [2.24, 2.45) is 5.92 Å². The molecule has 0 saturated carbocycles. The number of pyridine rings is 1. The second-order valence-corrected chi connectivity index (χ2v) is 4.78. The summed E-state index contributed by atoms with van der Waals surface area (Å²) in [5, 5.41) is 13.8. The average molecular weight is 279 g/mol. The van der Waals surface area contributed by atoms with E-state index < -0.39 is 11.9 Å². The van der Waals surface area contributed by atoms with Crippen molar-refractivity contribution < 1.29 is 9.90 Å². The number of aliphatic carboxylic acids is 1. The summed E-state index contributed by atoms with van der Waals surface area (Å²) in [5.41, 5.74) is 1.67. The molecule has 1 atom stereocenters. The van der Waals surface area contributed by atoms with Crippen LogP contribution in [0.4, 0.5) is 5.69 Å². The molecule has 5 heteroatoms. The van der Waals surface area contributed by atoms with Gasteiger partial charge in [0.2, 0.25) is 0 Å². The highest BCUT2D eigenvalue weighted by Crippen LogP contribution is 2.24. The Morgan fingerprint density at radius 2 is 2.26 bits per heavy atom. The molecule has 1 aromatic carbocycles. The van der Waals surface area contributed by atoms with Gasteiger partial charge in [0.1, 0.15) is 0 Å². The molecule has 19 heavy (non-hydrogen) atoms. The highest BCUT2D eigenvalue weighted by Gasteiger charge is 2.14. The summed E-state index contributed by atoms with van der Waals surface area (Å²) in [5.74, 6) is -1.17. The fraction of sp³-hybridized carbons (Fsp3) is 0.286. The summed E-state index contributed by atoms with van der Waals surface area (Å²) in [7, 11) is 0. The maximum atomic E-state index is 11.0.